The van der Waals surface area contributed by atoms with Crippen LogP contribution >= 0.6 is 0 Å². The molecule has 0 saturated heterocycles. The molecule has 3 heterocycles. The number of rotatable bonds is 9. The predicted molar refractivity (Wildman–Crippen MR) is 124 cm³/mol. The van der Waals surface area contributed by atoms with Crippen LogP contribution in [0.2, 0.25) is 0 Å². The van der Waals surface area contributed by atoms with E-state index in [9.17, 15) is 13.6 Å². The molecule has 0 atom stereocenters. The van der Waals surface area contributed by atoms with Gasteiger partial charge in [0.2, 0.25) is 12.7 Å². The maximum Gasteiger partial charge on any atom is 0.273 e. The zero-order valence-electron chi connectivity index (χ0n) is 19.1. The van der Waals surface area contributed by atoms with Crippen LogP contribution in [-0.2, 0) is 26.2 Å². The summed E-state index contributed by atoms with van der Waals surface area (Å²) in [7, 11) is 0. The first kappa shape index (κ1) is 23.4. The Labute approximate surface area is 205 Å². The highest BCUT2D eigenvalue weighted by molar-refractivity contribution is 5.91. The molecule has 0 saturated carbocycles. The molecule has 2 aromatic heterocycles. The summed E-state index contributed by atoms with van der Waals surface area (Å²) < 4.78 is 44.2. The van der Waals surface area contributed by atoms with E-state index in [0.717, 1.165) is 17.2 Å². The minimum atomic E-state index is -0.645. The van der Waals surface area contributed by atoms with Crippen LogP contribution in [0.1, 0.15) is 33.1 Å². The van der Waals surface area contributed by atoms with Crippen molar-refractivity contribution in [3.05, 3.63) is 107 Å². The summed E-state index contributed by atoms with van der Waals surface area (Å²) >= 11 is 0. The fourth-order valence-corrected chi connectivity index (χ4v) is 3.81. The number of nitrogens with one attached hydrogen (secondary N) is 1. The molecular formula is C26H22F2N4O4. The Hall–Kier alpha value is -4.31. The van der Waals surface area contributed by atoms with Gasteiger partial charge in [-0.2, -0.15) is 0 Å². The number of benzene rings is 2. The molecule has 0 spiro atoms. The molecule has 1 N–H and O–H groups in total. The summed E-state index contributed by atoms with van der Waals surface area (Å²) in [6.45, 7) is 1.19. The largest absolute Gasteiger partial charge is 0.454 e. The average molecular weight is 492 g/mol. The van der Waals surface area contributed by atoms with Gasteiger partial charge in [0.05, 0.1) is 6.54 Å². The number of carbonyl (C=O) groups is 1. The number of hydrogen-bond donors (Lipinski definition) is 1. The van der Waals surface area contributed by atoms with Crippen LogP contribution in [0.3, 0.4) is 0 Å². The Morgan fingerprint density at radius 1 is 1.00 bits per heavy atom. The number of amides is 1. The number of pyridine rings is 1. The molecule has 0 aliphatic carbocycles. The normalized spacial score (nSPS) is 12.2. The lowest BCUT2D eigenvalue weighted by Crippen LogP contribution is -2.24. The zero-order valence-corrected chi connectivity index (χ0v) is 19.1. The summed E-state index contributed by atoms with van der Waals surface area (Å²) in [6.07, 6.45) is 4.60. The van der Waals surface area contributed by atoms with Crippen molar-refractivity contribution >= 4 is 5.91 Å². The van der Waals surface area contributed by atoms with E-state index in [1.165, 1.54) is 18.4 Å². The number of fused-ring (bicyclic) bond motifs is 1. The molecule has 8 nitrogen and oxygen atoms in total. The summed E-state index contributed by atoms with van der Waals surface area (Å²) in [5.41, 5.74) is 2.19. The van der Waals surface area contributed by atoms with Crippen molar-refractivity contribution in [2.45, 2.75) is 26.2 Å². The van der Waals surface area contributed by atoms with Crippen molar-refractivity contribution in [3.63, 3.8) is 0 Å². The lowest BCUT2D eigenvalue weighted by molar-refractivity contribution is 0.0945. The quantitative estimate of drug-likeness (QED) is 0.374. The van der Waals surface area contributed by atoms with Crippen LogP contribution in [0.25, 0.3) is 0 Å². The van der Waals surface area contributed by atoms with Crippen molar-refractivity contribution in [2.75, 3.05) is 6.79 Å². The van der Waals surface area contributed by atoms with Crippen molar-refractivity contribution in [1.82, 2.24) is 20.2 Å². The highest BCUT2D eigenvalue weighted by atomic mass is 19.1. The number of carbonyl (C=O) groups excluding carboxylic acids is 1. The van der Waals surface area contributed by atoms with Gasteiger partial charge in [0.25, 0.3) is 5.91 Å². The number of nitrogens with zero attached hydrogens (tertiary/aromatic N) is 3. The molecule has 184 valence electrons. The van der Waals surface area contributed by atoms with Crippen molar-refractivity contribution in [3.8, 4) is 11.5 Å². The van der Waals surface area contributed by atoms with Gasteiger partial charge in [-0.1, -0.05) is 18.2 Å². The number of halogens is 2. The molecule has 0 radical (unpaired) electrons. The molecule has 36 heavy (non-hydrogen) atoms. The molecule has 0 fully saturated rings. The first-order chi connectivity index (χ1) is 17.5. The van der Waals surface area contributed by atoms with Crippen LogP contribution in [0, 0.1) is 11.6 Å². The van der Waals surface area contributed by atoms with E-state index >= 15 is 0 Å². The first-order valence-corrected chi connectivity index (χ1v) is 11.2. The van der Waals surface area contributed by atoms with Gasteiger partial charge < -0.3 is 19.2 Å². The number of hydrogen-bond acceptors (Lipinski definition) is 7. The van der Waals surface area contributed by atoms with Gasteiger partial charge in [0.1, 0.15) is 17.9 Å². The molecule has 1 amide bonds. The van der Waals surface area contributed by atoms with Crippen LogP contribution in [0.5, 0.6) is 11.5 Å². The van der Waals surface area contributed by atoms with Gasteiger partial charge in [-0.15, -0.1) is 0 Å². The minimum Gasteiger partial charge on any atom is -0.454 e. The third-order valence-electron chi connectivity index (χ3n) is 5.57. The van der Waals surface area contributed by atoms with Crippen molar-refractivity contribution in [1.29, 1.82) is 0 Å². The summed E-state index contributed by atoms with van der Waals surface area (Å²) in [5.74, 6) is -0.110. The maximum atomic E-state index is 14.4. The van der Waals surface area contributed by atoms with Gasteiger partial charge in [-0.3, -0.25) is 14.7 Å². The fraction of sp³-hybridized carbons (Fsp3) is 0.192. The SMILES string of the molecule is O=C(NCc1cccnc1)c1coc(CN(Cc2ccc3c(c2)OCO3)Cc2ccc(F)cc2F)n1. The predicted octanol–water partition coefficient (Wildman–Crippen LogP) is 4.21. The second-order valence-corrected chi connectivity index (χ2v) is 8.24. The highest BCUT2D eigenvalue weighted by Crippen LogP contribution is 2.33. The molecule has 1 aliphatic heterocycles. The van der Waals surface area contributed by atoms with Crippen LogP contribution in [0.15, 0.2) is 71.6 Å². The first-order valence-electron chi connectivity index (χ1n) is 11.2. The summed E-state index contributed by atoms with van der Waals surface area (Å²) in [6, 6.07) is 12.7. The van der Waals surface area contributed by atoms with Gasteiger partial charge in [0, 0.05) is 43.7 Å². The molecule has 5 rings (SSSR count). The lowest BCUT2D eigenvalue weighted by atomic mass is 10.1. The summed E-state index contributed by atoms with van der Waals surface area (Å²) in [5, 5.41) is 2.77. The highest BCUT2D eigenvalue weighted by Gasteiger charge is 2.19. The van der Waals surface area contributed by atoms with E-state index < -0.39 is 11.6 Å². The Balaban J connectivity index is 1.30. The number of oxazole rings is 1. The Morgan fingerprint density at radius 3 is 2.72 bits per heavy atom. The van der Waals surface area contributed by atoms with Crippen LogP contribution in [0.4, 0.5) is 8.78 Å². The molecule has 0 unspecified atom stereocenters. The monoisotopic (exact) mass is 492 g/mol. The molecule has 4 aromatic rings. The third-order valence-corrected chi connectivity index (χ3v) is 5.57. The van der Waals surface area contributed by atoms with Gasteiger partial charge in [-0.05, 0) is 35.4 Å². The molecule has 10 heteroatoms. The van der Waals surface area contributed by atoms with Crippen molar-refractivity contribution in [2.24, 2.45) is 0 Å². The summed E-state index contributed by atoms with van der Waals surface area (Å²) in [4.78, 5) is 22.7. The van der Waals surface area contributed by atoms with Crippen LogP contribution < -0.4 is 14.8 Å². The van der Waals surface area contributed by atoms with E-state index in [-0.39, 0.29) is 37.4 Å². The van der Waals surface area contributed by atoms with Crippen LogP contribution in [-0.4, -0.2) is 27.6 Å². The van der Waals surface area contributed by atoms with Gasteiger partial charge in [0.15, 0.2) is 17.2 Å². The Bertz CT molecular complexity index is 1360. The minimum absolute atomic E-state index is 0.130. The lowest BCUT2D eigenvalue weighted by Gasteiger charge is -2.21. The third kappa shape index (κ3) is 5.66. The van der Waals surface area contributed by atoms with Crippen molar-refractivity contribution < 1.29 is 27.5 Å². The Morgan fingerprint density at radius 2 is 1.89 bits per heavy atom. The smallest absolute Gasteiger partial charge is 0.273 e. The Kier molecular flexibility index (Phi) is 6.85. The average Bonchev–Trinajstić information content (AvgIpc) is 3.54. The molecular weight excluding hydrogens is 470 g/mol. The fourth-order valence-electron chi connectivity index (χ4n) is 3.81. The topological polar surface area (TPSA) is 89.7 Å². The molecule has 2 aromatic carbocycles. The van der Waals surface area contributed by atoms with Gasteiger partial charge in [-0.25, -0.2) is 13.8 Å². The second kappa shape index (κ2) is 10.5. The number of ether oxygens (including phenoxy) is 2. The second-order valence-electron chi connectivity index (χ2n) is 8.24. The van der Waals surface area contributed by atoms with E-state index in [0.29, 0.717) is 30.2 Å². The van der Waals surface area contributed by atoms with E-state index in [1.807, 2.05) is 29.2 Å². The van der Waals surface area contributed by atoms with E-state index in [2.05, 4.69) is 15.3 Å². The molecule has 0 bridgehead atoms. The zero-order chi connectivity index (χ0) is 24.9. The van der Waals surface area contributed by atoms with E-state index in [1.54, 1.807) is 18.5 Å². The standard InChI is InChI=1S/C26H22F2N4O4/c27-20-5-4-19(21(28)9-20)13-32(12-17-3-6-23-24(8-17)36-16-35-23)14-25-31-22(15-34-25)26(33)30-11-18-2-1-7-29-10-18/h1-10,15H,11-14,16H2,(H,30,33). The number of aromatic nitrogens is 2. The van der Waals surface area contributed by atoms with Gasteiger partial charge >= 0.3 is 0 Å². The van der Waals surface area contributed by atoms with E-state index in [4.69, 9.17) is 13.9 Å². The molecule has 1 aliphatic rings. The maximum absolute atomic E-state index is 14.4.